The van der Waals surface area contributed by atoms with Crippen molar-refractivity contribution in [1.29, 1.82) is 0 Å². The third kappa shape index (κ3) is 4.25. The molecular weight excluding hydrogens is 527 g/mol. The van der Waals surface area contributed by atoms with Gasteiger partial charge < -0.3 is 4.90 Å². The Morgan fingerprint density at radius 3 is 1.74 bits per heavy atom. The first kappa shape index (κ1) is 24.6. The molecule has 8 aromatic rings. The van der Waals surface area contributed by atoms with Crippen molar-refractivity contribution >= 4 is 59.3 Å². The van der Waals surface area contributed by atoms with Crippen LogP contribution in [0.4, 0.5) is 17.1 Å². The molecule has 0 N–H and O–H groups in total. The third-order valence-electron chi connectivity index (χ3n) is 8.05. The molecule has 8 rings (SSSR count). The van der Waals surface area contributed by atoms with Crippen LogP contribution in [-0.4, -0.2) is 0 Å². The summed E-state index contributed by atoms with van der Waals surface area (Å²) in [6.07, 6.45) is 0. The van der Waals surface area contributed by atoms with Gasteiger partial charge in [0.15, 0.2) is 0 Å². The van der Waals surface area contributed by atoms with Gasteiger partial charge in [-0.05, 0) is 63.4 Å². The zero-order valence-electron chi connectivity index (χ0n) is 22.9. The molecule has 0 aliphatic heterocycles. The Balaban J connectivity index is 1.28. The zero-order valence-corrected chi connectivity index (χ0v) is 23.8. The number of hydrogen-bond acceptors (Lipinski definition) is 2. The average Bonchev–Trinajstić information content (AvgIpc) is 3.46. The maximum Gasteiger partial charge on any atom is 0.0640 e. The number of hydrogen-bond donors (Lipinski definition) is 0. The summed E-state index contributed by atoms with van der Waals surface area (Å²) in [5.74, 6) is 0. The first-order valence-electron chi connectivity index (χ1n) is 14.3. The highest BCUT2D eigenvalue weighted by atomic mass is 32.1. The van der Waals surface area contributed by atoms with Gasteiger partial charge in [-0.15, -0.1) is 11.3 Å². The monoisotopic (exact) mass is 553 g/mol. The van der Waals surface area contributed by atoms with E-state index in [-0.39, 0.29) is 0 Å². The number of anilines is 3. The van der Waals surface area contributed by atoms with Crippen molar-refractivity contribution in [3.8, 4) is 22.3 Å². The zero-order chi connectivity index (χ0) is 27.9. The molecule has 0 aliphatic rings. The van der Waals surface area contributed by atoms with Crippen LogP contribution in [0.15, 0.2) is 164 Å². The fourth-order valence-corrected chi connectivity index (χ4v) is 7.34. The second-order valence-electron chi connectivity index (χ2n) is 10.6. The smallest absolute Gasteiger partial charge is 0.0640 e. The maximum atomic E-state index is 2.40. The lowest BCUT2D eigenvalue weighted by atomic mass is 9.99. The van der Waals surface area contributed by atoms with E-state index in [1.807, 2.05) is 11.3 Å². The fraction of sp³-hybridized carbons (Fsp3) is 0. The summed E-state index contributed by atoms with van der Waals surface area (Å²) in [6.45, 7) is 0. The summed E-state index contributed by atoms with van der Waals surface area (Å²) in [5.41, 5.74) is 8.34. The molecule has 1 nitrogen and oxygen atoms in total. The lowest BCUT2D eigenvalue weighted by molar-refractivity contribution is 1.30. The van der Waals surface area contributed by atoms with E-state index in [9.17, 15) is 0 Å². The lowest BCUT2D eigenvalue weighted by Crippen LogP contribution is -2.10. The minimum absolute atomic E-state index is 1.14. The van der Waals surface area contributed by atoms with Gasteiger partial charge in [-0.3, -0.25) is 0 Å². The molecule has 0 aliphatic carbocycles. The summed E-state index contributed by atoms with van der Waals surface area (Å²) in [7, 11) is 0. The van der Waals surface area contributed by atoms with Crippen LogP contribution in [0.1, 0.15) is 0 Å². The topological polar surface area (TPSA) is 3.24 Å². The predicted molar refractivity (Wildman–Crippen MR) is 182 cm³/mol. The van der Waals surface area contributed by atoms with Gasteiger partial charge in [0.2, 0.25) is 0 Å². The Labute approximate surface area is 249 Å². The first-order valence-corrected chi connectivity index (χ1v) is 15.1. The van der Waals surface area contributed by atoms with Crippen molar-refractivity contribution in [3.63, 3.8) is 0 Å². The molecular formula is C40H27NS. The second kappa shape index (κ2) is 10.3. The van der Waals surface area contributed by atoms with Gasteiger partial charge in [0, 0.05) is 26.8 Å². The first-order chi connectivity index (χ1) is 20.8. The molecule has 198 valence electrons. The number of fused-ring (bicyclic) bond motifs is 5. The van der Waals surface area contributed by atoms with Gasteiger partial charge >= 0.3 is 0 Å². The number of benzene rings is 7. The van der Waals surface area contributed by atoms with Crippen LogP contribution < -0.4 is 4.90 Å². The van der Waals surface area contributed by atoms with E-state index in [1.54, 1.807) is 0 Å². The summed E-state index contributed by atoms with van der Waals surface area (Å²) in [5, 5.41) is 5.21. The van der Waals surface area contributed by atoms with Gasteiger partial charge in [0.05, 0.1) is 10.4 Å². The van der Waals surface area contributed by atoms with Crippen LogP contribution in [0.25, 0.3) is 53.2 Å². The van der Waals surface area contributed by atoms with Crippen LogP contribution in [0, 0.1) is 0 Å². The number of nitrogens with zero attached hydrogens (tertiary/aromatic N) is 1. The molecule has 0 saturated heterocycles. The van der Waals surface area contributed by atoms with Crippen molar-refractivity contribution in [2.45, 2.75) is 0 Å². The van der Waals surface area contributed by atoms with E-state index in [4.69, 9.17) is 0 Å². The summed E-state index contributed by atoms with van der Waals surface area (Å²) in [4.78, 5) is 2.40. The van der Waals surface area contributed by atoms with Gasteiger partial charge in [-0.1, -0.05) is 133 Å². The van der Waals surface area contributed by atoms with Crippen LogP contribution >= 0.6 is 11.3 Å². The lowest BCUT2D eigenvalue weighted by Gasteiger charge is -2.26. The van der Waals surface area contributed by atoms with Crippen molar-refractivity contribution in [1.82, 2.24) is 0 Å². The molecule has 0 radical (unpaired) electrons. The van der Waals surface area contributed by atoms with E-state index in [0.717, 1.165) is 11.4 Å². The largest absolute Gasteiger partial charge is 0.309 e. The summed E-state index contributed by atoms with van der Waals surface area (Å²) >= 11 is 1.89. The molecule has 0 atom stereocenters. The predicted octanol–water partition coefficient (Wildman–Crippen LogP) is 12.0. The second-order valence-corrected chi connectivity index (χ2v) is 11.6. The Bertz CT molecular complexity index is 2180. The maximum absolute atomic E-state index is 2.40. The number of thiophene rings is 1. The standard InChI is InChI=1S/C40H27NS/c1-3-11-28(12-4-1)29-21-23-30(24-22-29)32-14-9-17-34(27-32)41(33-15-5-2-6-16-33)38-20-10-19-36-37-26-25-31-13-7-8-18-35(31)39(37)42-40(36)38/h1-27H. The van der Waals surface area contributed by atoms with Gasteiger partial charge in [-0.25, -0.2) is 0 Å². The summed E-state index contributed by atoms with van der Waals surface area (Å²) < 4.78 is 2.64. The molecule has 7 aromatic carbocycles. The number of para-hydroxylation sites is 1. The molecule has 1 heterocycles. The average molecular weight is 554 g/mol. The Morgan fingerprint density at radius 1 is 0.357 bits per heavy atom. The van der Waals surface area contributed by atoms with Crippen LogP contribution in [-0.2, 0) is 0 Å². The Hall–Kier alpha value is -5.18. The molecule has 1 aromatic heterocycles. The highest BCUT2D eigenvalue weighted by Gasteiger charge is 2.19. The highest BCUT2D eigenvalue weighted by molar-refractivity contribution is 7.27. The Morgan fingerprint density at radius 2 is 0.929 bits per heavy atom. The Kier molecular flexibility index (Phi) is 6.05. The SMILES string of the molecule is c1ccc(-c2ccc(-c3cccc(N(c4ccccc4)c4cccc5c4sc4c6ccccc6ccc54)c3)cc2)cc1. The van der Waals surface area contributed by atoms with Crippen LogP contribution in [0.3, 0.4) is 0 Å². The van der Waals surface area contributed by atoms with Gasteiger partial charge in [-0.2, -0.15) is 0 Å². The van der Waals surface area contributed by atoms with E-state index in [0.29, 0.717) is 0 Å². The minimum atomic E-state index is 1.14. The van der Waals surface area contributed by atoms with Crippen LogP contribution in [0.5, 0.6) is 0 Å². The van der Waals surface area contributed by atoms with Gasteiger partial charge in [0.1, 0.15) is 0 Å². The van der Waals surface area contributed by atoms with E-state index >= 15 is 0 Å². The highest BCUT2D eigenvalue weighted by Crippen LogP contribution is 2.46. The molecule has 2 heteroatoms. The molecule has 0 unspecified atom stereocenters. The number of rotatable bonds is 5. The van der Waals surface area contributed by atoms with Crippen LogP contribution in [0.2, 0.25) is 0 Å². The summed E-state index contributed by atoms with van der Waals surface area (Å²) in [6, 6.07) is 59.0. The molecule has 0 spiro atoms. The van der Waals surface area contributed by atoms with Crippen molar-refractivity contribution in [2.24, 2.45) is 0 Å². The van der Waals surface area contributed by atoms with Crippen molar-refractivity contribution in [3.05, 3.63) is 164 Å². The molecule has 0 amide bonds. The molecule has 0 saturated carbocycles. The van der Waals surface area contributed by atoms with E-state index in [2.05, 4.69) is 169 Å². The minimum Gasteiger partial charge on any atom is -0.309 e. The molecule has 0 bridgehead atoms. The third-order valence-corrected chi connectivity index (χ3v) is 9.33. The van der Waals surface area contributed by atoms with Crippen molar-refractivity contribution in [2.75, 3.05) is 4.90 Å². The van der Waals surface area contributed by atoms with E-state index in [1.165, 1.54) is 58.9 Å². The fourth-order valence-electron chi connectivity index (χ4n) is 6.00. The van der Waals surface area contributed by atoms with Crippen molar-refractivity contribution < 1.29 is 0 Å². The molecule has 0 fully saturated rings. The van der Waals surface area contributed by atoms with E-state index < -0.39 is 0 Å². The van der Waals surface area contributed by atoms with Gasteiger partial charge in [0.25, 0.3) is 0 Å². The molecule has 42 heavy (non-hydrogen) atoms. The normalized spacial score (nSPS) is 11.3. The quantitative estimate of drug-likeness (QED) is 0.205.